The van der Waals surface area contributed by atoms with Gasteiger partial charge in [-0.3, -0.25) is 4.79 Å². The molecule has 1 aromatic heterocycles. The van der Waals surface area contributed by atoms with Crippen molar-refractivity contribution in [2.45, 2.75) is 25.9 Å². The Morgan fingerprint density at radius 1 is 1.53 bits per heavy atom. The number of rotatable bonds is 2. The fraction of sp³-hybridized carbons (Fsp3) is 0.500. The lowest BCUT2D eigenvalue weighted by atomic mass is 10.1. The van der Waals surface area contributed by atoms with E-state index in [1.165, 1.54) is 0 Å². The second kappa shape index (κ2) is 4.71. The first-order valence-electron chi connectivity index (χ1n) is 5.85. The highest BCUT2D eigenvalue weighted by Crippen LogP contribution is 2.17. The Bertz CT molecular complexity index is 421. The molecule has 1 aliphatic rings. The molecule has 0 aliphatic carbocycles. The lowest BCUT2D eigenvalue weighted by molar-refractivity contribution is 0.0995. The number of amides is 1. The Kier molecular flexibility index (Phi) is 3.28. The van der Waals surface area contributed by atoms with E-state index < -0.39 is 5.91 Å². The second-order valence-electron chi connectivity index (χ2n) is 4.56. The van der Waals surface area contributed by atoms with Gasteiger partial charge in [0.05, 0.1) is 0 Å². The predicted molar refractivity (Wildman–Crippen MR) is 67.0 cm³/mol. The highest BCUT2D eigenvalue weighted by Gasteiger charge is 2.23. The van der Waals surface area contributed by atoms with Crippen LogP contribution in [0, 0.1) is 0 Å². The zero-order valence-electron chi connectivity index (χ0n) is 10.2. The van der Waals surface area contributed by atoms with Gasteiger partial charge >= 0.3 is 0 Å². The maximum Gasteiger partial charge on any atom is 0.267 e. The zero-order chi connectivity index (χ0) is 12.4. The molecule has 2 unspecified atom stereocenters. The van der Waals surface area contributed by atoms with Crippen molar-refractivity contribution in [1.82, 2.24) is 10.3 Å². The van der Waals surface area contributed by atoms with E-state index in [2.05, 4.69) is 29.0 Å². The summed E-state index contributed by atoms with van der Waals surface area (Å²) in [4.78, 5) is 17.6. The highest BCUT2D eigenvalue weighted by molar-refractivity contribution is 5.91. The fourth-order valence-electron chi connectivity index (χ4n) is 2.06. The monoisotopic (exact) mass is 234 g/mol. The van der Waals surface area contributed by atoms with E-state index in [4.69, 9.17) is 5.73 Å². The molecular weight excluding hydrogens is 216 g/mol. The molecule has 1 fully saturated rings. The molecule has 1 amide bonds. The van der Waals surface area contributed by atoms with Crippen molar-refractivity contribution >= 4 is 11.7 Å². The van der Waals surface area contributed by atoms with E-state index in [1.54, 1.807) is 6.07 Å². The molecule has 2 rings (SSSR count). The molecule has 0 bridgehead atoms. The van der Waals surface area contributed by atoms with Crippen LogP contribution in [0.25, 0.3) is 0 Å². The molecule has 2 atom stereocenters. The van der Waals surface area contributed by atoms with E-state index in [0.717, 1.165) is 18.9 Å². The van der Waals surface area contributed by atoms with Crippen molar-refractivity contribution in [2.75, 3.05) is 18.0 Å². The number of hydrogen-bond acceptors (Lipinski definition) is 4. The van der Waals surface area contributed by atoms with Crippen LogP contribution in [0.1, 0.15) is 24.3 Å². The molecule has 0 spiro atoms. The number of aromatic nitrogens is 1. The summed E-state index contributed by atoms with van der Waals surface area (Å²) in [6.45, 7) is 6.08. The van der Waals surface area contributed by atoms with E-state index in [1.807, 2.05) is 12.1 Å². The van der Waals surface area contributed by atoms with Gasteiger partial charge in [-0.05, 0) is 26.0 Å². The molecule has 1 aromatic rings. The molecule has 5 heteroatoms. The SMILES string of the molecule is CC1CN(c2cccc(C(N)=O)n2)C(C)CN1. The smallest absolute Gasteiger partial charge is 0.267 e. The maximum atomic E-state index is 11.1. The van der Waals surface area contributed by atoms with Crippen molar-refractivity contribution in [1.29, 1.82) is 0 Å². The van der Waals surface area contributed by atoms with Gasteiger partial charge in [-0.25, -0.2) is 4.98 Å². The Balaban J connectivity index is 2.26. The zero-order valence-corrected chi connectivity index (χ0v) is 10.2. The van der Waals surface area contributed by atoms with Crippen molar-refractivity contribution in [3.8, 4) is 0 Å². The van der Waals surface area contributed by atoms with E-state index in [9.17, 15) is 4.79 Å². The van der Waals surface area contributed by atoms with Crippen LogP contribution >= 0.6 is 0 Å². The molecule has 1 aliphatic heterocycles. The third-order valence-electron chi connectivity index (χ3n) is 3.05. The summed E-state index contributed by atoms with van der Waals surface area (Å²) >= 11 is 0. The van der Waals surface area contributed by atoms with Crippen LogP contribution in [0.3, 0.4) is 0 Å². The summed E-state index contributed by atoms with van der Waals surface area (Å²) in [6.07, 6.45) is 0. The first kappa shape index (κ1) is 11.9. The minimum Gasteiger partial charge on any atom is -0.364 e. The molecule has 5 nitrogen and oxygen atoms in total. The third kappa shape index (κ3) is 2.55. The van der Waals surface area contributed by atoms with Crippen LogP contribution in [0.5, 0.6) is 0 Å². The third-order valence-corrected chi connectivity index (χ3v) is 3.05. The van der Waals surface area contributed by atoms with Crippen LogP contribution in [0.2, 0.25) is 0 Å². The fourth-order valence-corrected chi connectivity index (χ4v) is 2.06. The molecule has 3 N–H and O–H groups in total. The highest BCUT2D eigenvalue weighted by atomic mass is 16.1. The Morgan fingerprint density at radius 3 is 3.00 bits per heavy atom. The van der Waals surface area contributed by atoms with Crippen LogP contribution < -0.4 is 16.0 Å². The van der Waals surface area contributed by atoms with Gasteiger partial charge in [0.15, 0.2) is 0 Å². The number of hydrogen-bond donors (Lipinski definition) is 2. The topological polar surface area (TPSA) is 71.2 Å². The molecule has 0 aromatic carbocycles. The summed E-state index contributed by atoms with van der Waals surface area (Å²) < 4.78 is 0. The average Bonchev–Trinajstić information content (AvgIpc) is 2.32. The number of nitrogens with two attached hydrogens (primary N) is 1. The number of pyridine rings is 1. The molecule has 1 saturated heterocycles. The minimum atomic E-state index is -0.484. The lowest BCUT2D eigenvalue weighted by Crippen LogP contribution is -2.54. The van der Waals surface area contributed by atoms with Gasteiger partial charge in [0, 0.05) is 25.2 Å². The number of nitrogens with one attached hydrogen (secondary N) is 1. The summed E-state index contributed by atoms with van der Waals surface area (Å²) in [5, 5.41) is 3.41. The van der Waals surface area contributed by atoms with Gasteiger partial charge in [-0.2, -0.15) is 0 Å². The number of carbonyl (C=O) groups is 1. The summed E-state index contributed by atoms with van der Waals surface area (Å²) in [7, 11) is 0. The molecule has 92 valence electrons. The van der Waals surface area contributed by atoms with Gasteiger partial charge in [0.2, 0.25) is 0 Å². The van der Waals surface area contributed by atoms with Gasteiger partial charge in [-0.15, -0.1) is 0 Å². The van der Waals surface area contributed by atoms with Crippen LogP contribution in [0.4, 0.5) is 5.82 Å². The van der Waals surface area contributed by atoms with E-state index in [-0.39, 0.29) is 0 Å². The number of anilines is 1. The minimum absolute atomic E-state index is 0.320. The molecular formula is C12H18N4O. The Labute approximate surface area is 101 Å². The van der Waals surface area contributed by atoms with Crippen molar-refractivity contribution in [3.05, 3.63) is 23.9 Å². The quantitative estimate of drug-likeness (QED) is 0.775. The van der Waals surface area contributed by atoms with E-state index >= 15 is 0 Å². The van der Waals surface area contributed by atoms with Gasteiger partial charge in [0.1, 0.15) is 11.5 Å². The standard InChI is InChI=1S/C12H18N4O/c1-8-7-16(9(2)6-14-8)11-5-3-4-10(15-11)12(13)17/h3-5,8-9,14H,6-7H2,1-2H3,(H2,13,17). The Morgan fingerprint density at radius 2 is 2.29 bits per heavy atom. The number of carbonyl (C=O) groups excluding carboxylic acids is 1. The largest absolute Gasteiger partial charge is 0.364 e. The van der Waals surface area contributed by atoms with Crippen LogP contribution in [-0.2, 0) is 0 Å². The lowest BCUT2D eigenvalue weighted by Gasteiger charge is -2.38. The van der Waals surface area contributed by atoms with Crippen molar-refractivity contribution < 1.29 is 4.79 Å². The van der Waals surface area contributed by atoms with Gasteiger partial charge in [-0.1, -0.05) is 6.07 Å². The van der Waals surface area contributed by atoms with Crippen LogP contribution in [-0.4, -0.2) is 36.1 Å². The summed E-state index contributed by atoms with van der Waals surface area (Å²) in [5.41, 5.74) is 5.56. The van der Waals surface area contributed by atoms with Crippen LogP contribution in [0.15, 0.2) is 18.2 Å². The van der Waals surface area contributed by atoms with Crippen molar-refractivity contribution in [3.63, 3.8) is 0 Å². The van der Waals surface area contributed by atoms with Crippen molar-refractivity contribution in [2.24, 2.45) is 5.73 Å². The summed E-state index contributed by atoms with van der Waals surface area (Å²) in [6, 6.07) is 6.16. The molecule has 0 saturated carbocycles. The molecule has 0 radical (unpaired) electrons. The molecule has 2 heterocycles. The number of primary amides is 1. The van der Waals surface area contributed by atoms with E-state index in [0.29, 0.717) is 17.8 Å². The maximum absolute atomic E-state index is 11.1. The first-order valence-corrected chi connectivity index (χ1v) is 5.85. The Hall–Kier alpha value is -1.62. The normalized spacial score (nSPS) is 24.7. The van der Waals surface area contributed by atoms with Gasteiger partial charge in [0.25, 0.3) is 5.91 Å². The molecule has 17 heavy (non-hydrogen) atoms. The number of piperazine rings is 1. The van der Waals surface area contributed by atoms with Gasteiger partial charge < -0.3 is 16.0 Å². The average molecular weight is 234 g/mol. The second-order valence-corrected chi connectivity index (χ2v) is 4.56. The first-order chi connectivity index (χ1) is 8.08. The summed E-state index contributed by atoms with van der Waals surface area (Å²) in [5.74, 6) is 0.338. The number of nitrogens with zero attached hydrogens (tertiary/aromatic N) is 2. The predicted octanol–water partition coefficient (Wildman–Crippen LogP) is 0.367.